The predicted octanol–water partition coefficient (Wildman–Crippen LogP) is -0.0485. The molecule has 0 saturated carbocycles. The van der Waals surface area contributed by atoms with Crippen molar-refractivity contribution in [2.24, 2.45) is 11.5 Å². The first-order valence-electron chi connectivity index (χ1n) is 19.7. The number of hydrogen-bond donors (Lipinski definition) is 9. The lowest BCUT2D eigenvalue weighted by molar-refractivity contribution is -0.152. The summed E-state index contributed by atoms with van der Waals surface area (Å²) in [6.45, 7) is 8.12. The SMILES string of the molecule is CCCCCCCCCCNCCC(=O)N[C@@H](CCCCN)C(=O)N[C@H](C(=O)N[C@@H](C)C(=O)N[C@@H](CCCCN)C(=O)N[C@@H](C)C(=O)C(=O)OC)[C@@H](C)O. The summed E-state index contributed by atoms with van der Waals surface area (Å²) in [6, 6.07) is -6.07. The minimum Gasteiger partial charge on any atom is -0.463 e. The highest BCUT2D eigenvalue weighted by atomic mass is 16.5. The van der Waals surface area contributed by atoms with Gasteiger partial charge in [0.1, 0.15) is 24.2 Å². The molecular formula is C37H70N8O9. The molecule has 0 fully saturated rings. The van der Waals surface area contributed by atoms with Crippen LogP contribution in [0, 0.1) is 0 Å². The van der Waals surface area contributed by atoms with Crippen LogP contribution in [0.1, 0.15) is 124 Å². The summed E-state index contributed by atoms with van der Waals surface area (Å²) < 4.78 is 4.41. The number of methoxy groups -OCH3 is 1. The quantitative estimate of drug-likeness (QED) is 0.0248. The lowest BCUT2D eigenvalue weighted by Crippen LogP contribution is -2.60. The van der Waals surface area contributed by atoms with E-state index in [0.29, 0.717) is 45.3 Å². The topological polar surface area (TPSA) is 273 Å². The van der Waals surface area contributed by atoms with Crippen LogP contribution in [0.3, 0.4) is 0 Å². The number of ether oxygens (including phenoxy) is 1. The second kappa shape index (κ2) is 30.6. The minimum absolute atomic E-state index is 0.146. The summed E-state index contributed by atoms with van der Waals surface area (Å²) in [7, 11) is 1.03. The third kappa shape index (κ3) is 22.5. The maximum atomic E-state index is 13.4. The highest BCUT2D eigenvalue weighted by molar-refractivity contribution is 6.35. The van der Waals surface area contributed by atoms with Crippen LogP contribution in [-0.2, 0) is 38.3 Å². The molecule has 0 aliphatic rings. The smallest absolute Gasteiger partial charge is 0.376 e. The summed E-state index contributed by atoms with van der Waals surface area (Å²) >= 11 is 0. The first-order valence-corrected chi connectivity index (χ1v) is 19.7. The fraction of sp³-hybridized carbons (Fsp3) is 0.811. The number of aliphatic hydroxyl groups excluding tert-OH is 1. The number of rotatable bonds is 32. The number of hydrogen-bond acceptors (Lipinski definition) is 12. The first kappa shape index (κ1) is 50.3. The molecule has 5 amide bonds. The molecule has 0 saturated heterocycles. The van der Waals surface area contributed by atoms with E-state index in [1.165, 1.54) is 59.3 Å². The zero-order valence-electron chi connectivity index (χ0n) is 33.3. The van der Waals surface area contributed by atoms with Gasteiger partial charge in [0.25, 0.3) is 5.78 Å². The molecule has 54 heavy (non-hydrogen) atoms. The number of unbranched alkanes of at least 4 members (excludes halogenated alkanes) is 9. The molecule has 312 valence electrons. The number of carbonyl (C=O) groups is 7. The number of carbonyl (C=O) groups excluding carboxylic acids is 7. The molecule has 0 rings (SSSR count). The number of ketones is 1. The highest BCUT2D eigenvalue weighted by Gasteiger charge is 2.33. The number of nitrogens with two attached hydrogens (primary N) is 2. The molecule has 0 aromatic rings. The number of aliphatic hydroxyl groups is 1. The molecule has 0 spiro atoms. The van der Waals surface area contributed by atoms with E-state index in [4.69, 9.17) is 11.5 Å². The van der Waals surface area contributed by atoms with Crippen LogP contribution in [0.25, 0.3) is 0 Å². The molecule has 17 heteroatoms. The van der Waals surface area contributed by atoms with Crippen LogP contribution < -0.4 is 43.4 Å². The third-order valence-electron chi connectivity index (χ3n) is 8.87. The van der Waals surface area contributed by atoms with Crippen molar-refractivity contribution in [2.75, 3.05) is 33.3 Å². The van der Waals surface area contributed by atoms with E-state index in [9.17, 15) is 38.7 Å². The van der Waals surface area contributed by atoms with Crippen LogP contribution in [0.15, 0.2) is 0 Å². The average Bonchev–Trinajstić information content (AvgIpc) is 3.14. The molecule has 0 bridgehead atoms. The van der Waals surface area contributed by atoms with E-state index in [0.717, 1.165) is 26.5 Å². The Morgan fingerprint density at radius 1 is 0.593 bits per heavy atom. The molecule has 0 aromatic carbocycles. The van der Waals surface area contributed by atoms with Gasteiger partial charge in [-0.2, -0.15) is 0 Å². The Morgan fingerprint density at radius 3 is 1.65 bits per heavy atom. The molecule has 0 aliphatic carbocycles. The van der Waals surface area contributed by atoms with Gasteiger partial charge in [0, 0.05) is 13.0 Å². The van der Waals surface area contributed by atoms with E-state index in [-0.39, 0.29) is 25.2 Å². The summed E-state index contributed by atoms with van der Waals surface area (Å²) in [5.74, 6) is -5.52. The summed E-state index contributed by atoms with van der Waals surface area (Å²) in [6.07, 6.45) is 11.0. The van der Waals surface area contributed by atoms with Crippen LogP contribution >= 0.6 is 0 Å². The second-order valence-corrected chi connectivity index (χ2v) is 13.8. The van der Waals surface area contributed by atoms with E-state index < -0.39 is 71.7 Å². The van der Waals surface area contributed by atoms with Gasteiger partial charge in [0.15, 0.2) is 0 Å². The lowest BCUT2D eigenvalue weighted by Gasteiger charge is -2.27. The van der Waals surface area contributed by atoms with Crippen molar-refractivity contribution in [1.82, 2.24) is 31.9 Å². The van der Waals surface area contributed by atoms with Crippen molar-refractivity contribution in [3.63, 3.8) is 0 Å². The summed E-state index contributed by atoms with van der Waals surface area (Å²) in [4.78, 5) is 89.2. The molecule has 0 heterocycles. The van der Waals surface area contributed by atoms with E-state index in [1.807, 2.05) is 0 Å². The lowest BCUT2D eigenvalue weighted by atomic mass is 10.1. The van der Waals surface area contributed by atoms with E-state index in [1.54, 1.807) is 0 Å². The number of nitrogens with one attached hydrogen (secondary N) is 6. The van der Waals surface area contributed by atoms with Crippen molar-refractivity contribution in [2.45, 2.75) is 160 Å². The van der Waals surface area contributed by atoms with Crippen LogP contribution in [-0.4, -0.2) is 116 Å². The second-order valence-electron chi connectivity index (χ2n) is 13.8. The average molecular weight is 771 g/mol. The molecule has 11 N–H and O–H groups in total. The van der Waals surface area contributed by atoms with E-state index >= 15 is 0 Å². The summed E-state index contributed by atoms with van der Waals surface area (Å²) in [5, 5.41) is 26.3. The fourth-order valence-electron chi connectivity index (χ4n) is 5.48. The molecular weight excluding hydrogens is 700 g/mol. The van der Waals surface area contributed by atoms with Gasteiger partial charge < -0.3 is 53.2 Å². The first-order chi connectivity index (χ1) is 25.7. The zero-order chi connectivity index (χ0) is 40.9. The Morgan fingerprint density at radius 2 is 1.11 bits per heavy atom. The minimum atomic E-state index is -1.48. The molecule has 0 aliphatic heterocycles. The van der Waals surface area contributed by atoms with E-state index in [2.05, 4.69) is 43.6 Å². The Hall–Kier alpha value is -3.67. The van der Waals surface area contributed by atoms with Crippen LogP contribution in [0.5, 0.6) is 0 Å². The van der Waals surface area contributed by atoms with Gasteiger partial charge in [0.05, 0.1) is 19.3 Å². The van der Waals surface area contributed by atoms with Crippen molar-refractivity contribution in [3.05, 3.63) is 0 Å². The standard InChI is InChI=1S/C37H70N8O9/c1-6-7-8-9-10-11-12-17-23-40-24-20-30(47)43-28(18-13-15-21-38)35(51)45-31(27(4)46)36(52)42-26(3)33(49)44-29(19-14-16-22-39)34(50)41-25(2)32(48)37(53)54-5/h25-29,31,40,46H,6-24,38-39H2,1-5H3,(H,41,50)(H,42,52)(H,43,47)(H,44,49)(H,45,51)/t25-,26-,27+,28-,29-,31-/m0/s1. The zero-order valence-corrected chi connectivity index (χ0v) is 33.3. The Bertz CT molecular complexity index is 1140. The molecule has 0 aromatic heterocycles. The number of Topliss-reactive ketones (excluding diaryl/α,β-unsaturated/α-hetero) is 1. The van der Waals surface area contributed by atoms with Crippen LogP contribution in [0.4, 0.5) is 0 Å². The predicted molar refractivity (Wildman–Crippen MR) is 206 cm³/mol. The Balaban J connectivity index is 5.30. The van der Waals surface area contributed by atoms with Gasteiger partial charge >= 0.3 is 5.97 Å². The van der Waals surface area contributed by atoms with Gasteiger partial charge in [-0.25, -0.2) is 4.79 Å². The highest BCUT2D eigenvalue weighted by Crippen LogP contribution is 2.09. The molecule has 6 atom stereocenters. The van der Waals surface area contributed by atoms with Crippen molar-refractivity contribution in [1.29, 1.82) is 0 Å². The van der Waals surface area contributed by atoms with Crippen molar-refractivity contribution >= 4 is 41.3 Å². The third-order valence-corrected chi connectivity index (χ3v) is 8.87. The normalized spacial score (nSPS) is 14.4. The number of amides is 5. The Kier molecular flexibility index (Phi) is 28.6. The Labute approximate surface area is 321 Å². The maximum absolute atomic E-state index is 13.4. The van der Waals surface area contributed by atoms with Gasteiger partial charge in [-0.15, -0.1) is 0 Å². The molecule has 17 nitrogen and oxygen atoms in total. The largest absolute Gasteiger partial charge is 0.463 e. The molecule has 0 radical (unpaired) electrons. The summed E-state index contributed by atoms with van der Waals surface area (Å²) in [5.41, 5.74) is 11.2. The maximum Gasteiger partial charge on any atom is 0.376 e. The van der Waals surface area contributed by atoms with Gasteiger partial charge in [0.2, 0.25) is 29.5 Å². The molecule has 0 unspecified atom stereocenters. The van der Waals surface area contributed by atoms with Gasteiger partial charge in [-0.1, -0.05) is 51.9 Å². The van der Waals surface area contributed by atoms with Crippen LogP contribution in [0.2, 0.25) is 0 Å². The number of esters is 1. The van der Waals surface area contributed by atoms with Gasteiger partial charge in [-0.05, 0) is 85.4 Å². The van der Waals surface area contributed by atoms with Gasteiger partial charge in [-0.3, -0.25) is 28.8 Å². The van der Waals surface area contributed by atoms with Crippen molar-refractivity contribution in [3.8, 4) is 0 Å². The van der Waals surface area contributed by atoms with Crippen molar-refractivity contribution < 1.29 is 43.4 Å². The fourth-order valence-corrected chi connectivity index (χ4v) is 5.48. The monoisotopic (exact) mass is 771 g/mol.